The Kier molecular flexibility index (Phi) is 4.00. The molecule has 0 aliphatic carbocycles. The lowest BCUT2D eigenvalue weighted by molar-refractivity contribution is 0.300. The van der Waals surface area contributed by atoms with Gasteiger partial charge in [0.2, 0.25) is 0 Å². The van der Waals surface area contributed by atoms with Crippen LogP contribution in [0.4, 0.5) is 5.69 Å². The molecule has 0 radical (unpaired) electrons. The van der Waals surface area contributed by atoms with E-state index in [-0.39, 0.29) is 10.8 Å². The molecule has 0 amide bonds. The van der Waals surface area contributed by atoms with Gasteiger partial charge >= 0.3 is 0 Å². The highest BCUT2D eigenvalue weighted by atomic mass is 32.2. The van der Waals surface area contributed by atoms with Crippen LogP contribution in [0.1, 0.15) is 4.88 Å². The van der Waals surface area contributed by atoms with E-state index in [1.165, 1.54) is 11.3 Å². The zero-order chi connectivity index (χ0) is 13.0. The number of nitrogens with one attached hydrogen (secondary N) is 1. The predicted octanol–water partition coefficient (Wildman–Crippen LogP) is 2.08. The van der Waals surface area contributed by atoms with Crippen LogP contribution in [0.5, 0.6) is 0 Å². The maximum Gasteiger partial charge on any atom is 0.271 e. The van der Waals surface area contributed by atoms with E-state index < -0.39 is 10.0 Å². The molecule has 6 heteroatoms. The minimum absolute atomic E-state index is 0.0200. The van der Waals surface area contributed by atoms with E-state index in [4.69, 9.17) is 5.11 Å². The number of aliphatic hydroxyl groups excluding tert-OH is 1. The van der Waals surface area contributed by atoms with Crippen LogP contribution in [0.25, 0.3) is 0 Å². The fourth-order valence-electron chi connectivity index (χ4n) is 1.46. The van der Waals surface area contributed by atoms with Gasteiger partial charge in [-0.15, -0.1) is 11.3 Å². The van der Waals surface area contributed by atoms with Crippen LogP contribution in [-0.2, 0) is 16.4 Å². The molecular weight excluding hydrogens is 270 g/mol. The smallest absolute Gasteiger partial charge is 0.271 e. The molecule has 0 atom stereocenters. The first-order valence-electron chi connectivity index (χ1n) is 5.39. The largest absolute Gasteiger partial charge is 0.396 e. The predicted molar refractivity (Wildman–Crippen MR) is 72.4 cm³/mol. The normalized spacial score (nSPS) is 11.4. The second kappa shape index (κ2) is 5.51. The van der Waals surface area contributed by atoms with Crippen molar-refractivity contribution in [3.05, 3.63) is 47.3 Å². The first kappa shape index (κ1) is 13.1. The van der Waals surface area contributed by atoms with Crippen LogP contribution in [-0.4, -0.2) is 20.1 Å². The molecule has 1 heterocycles. The molecule has 0 saturated carbocycles. The van der Waals surface area contributed by atoms with E-state index in [0.717, 1.165) is 4.88 Å². The minimum atomic E-state index is -3.52. The van der Waals surface area contributed by atoms with E-state index in [9.17, 15) is 8.42 Å². The molecule has 0 spiro atoms. The minimum Gasteiger partial charge on any atom is -0.396 e. The molecule has 0 fully saturated rings. The van der Waals surface area contributed by atoms with Crippen LogP contribution in [0, 0.1) is 0 Å². The van der Waals surface area contributed by atoms with Crippen molar-refractivity contribution in [1.29, 1.82) is 0 Å². The fraction of sp³-hybridized carbons (Fsp3) is 0.167. The van der Waals surface area contributed by atoms with E-state index >= 15 is 0 Å². The Morgan fingerprint density at radius 2 is 1.83 bits per heavy atom. The Labute approximate surface area is 110 Å². The summed E-state index contributed by atoms with van der Waals surface area (Å²) >= 11 is 1.17. The number of hydrogen-bond acceptors (Lipinski definition) is 4. The number of benzene rings is 1. The number of aliphatic hydroxyl groups is 1. The zero-order valence-corrected chi connectivity index (χ0v) is 11.2. The van der Waals surface area contributed by atoms with Gasteiger partial charge in [0.25, 0.3) is 10.0 Å². The SMILES string of the molecule is O=S(=O)(Nc1ccccc1)c1ccc(CCO)s1. The van der Waals surface area contributed by atoms with Crippen molar-refractivity contribution in [2.45, 2.75) is 10.6 Å². The summed E-state index contributed by atoms with van der Waals surface area (Å²) in [6.07, 6.45) is 0.478. The molecule has 0 saturated heterocycles. The second-order valence-electron chi connectivity index (χ2n) is 3.67. The Morgan fingerprint density at radius 3 is 2.50 bits per heavy atom. The van der Waals surface area contributed by atoms with Crippen molar-refractivity contribution in [3.8, 4) is 0 Å². The third-order valence-corrected chi connectivity index (χ3v) is 5.30. The average molecular weight is 283 g/mol. The standard InChI is InChI=1S/C12H13NO3S2/c14-9-8-11-6-7-12(17-11)18(15,16)13-10-4-2-1-3-5-10/h1-7,13-14H,8-9H2. The van der Waals surface area contributed by atoms with Crippen LogP contribution >= 0.6 is 11.3 Å². The quantitative estimate of drug-likeness (QED) is 0.883. The summed E-state index contributed by atoms with van der Waals surface area (Å²) in [7, 11) is -3.52. The van der Waals surface area contributed by atoms with Gasteiger partial charge in [-0.3, -0.25) is 4.72 Å². The molecule has 0 aliphatic heterocycles. The molecule has 2 rings (SSSR count). The van der Waals surface area contributed by atoms with E-state index in [0.29, 0.717) is 12.1 Å². The highest BCUT2D eigenvalue weighted by Gasteiger charge is 2.16. The van der Waals surface area contributed by atoms with E-state index in [1.54, 1.807) is 36.4 Å². The lowest BCUT2D eigenvalue weighted by atomic mass is 10.3. The molecule has 1 aromatic heterocycles. The lowest BCUT2D eigenvalue weighted by Crippen LogP contribution is -2.11. The maximum absolute atomic E-state index is 12.1. The van der Waals surface area contributed by atoms with Gasteiger partial charge in [0, 0.05) is 23.6 Å². The molecule has 18 heavy (non-hydrogen) atoms. The van der Waals surface area contributed by atoms with Gasteiger partial charge in [-0.2, -0.15) is 0 Å². The Bertz CT molecular complexity index is 605. The molecule has 1 aromatic carbocycles. The highest BCUT2D eigenvalue weighted by Crippen LogP contribution is 2.24. The second-order valence-corrected chi connectivity index (χ2v) is 6.74. The lowest BCUT2D eigenvalue weighted by Gasteiger charge is -2.05. The van der Waals surface area contributed by atoms with Crippen LogP contribution in [0.3, 0.4) is 0 Å². The van der Waals surface area contributed by atoms with Crippen molar-refractivity contribution in [2.75, 3.05) is 11.3 Å². The summed E-state index contributed by atoms with van der Waals surface area (Å²) in [6, 6.07) is 12.0. The summed E-state index contributed by atoms with van der Waals surface area (Å²) in [5.74, 6) is 0. The topological polar surface area (TPSA) is 66.4 Å². The summed E-state index contributed by atoms with van der Waals surface area (Å²) in [6.45, 7) is 0.0200. The molecule has 0 unspecified atom stereocenters. The summed E-state index contributed by atoms with van der Waals surface area (Å²) in [5.41, 5.74) is 0.537. The van der Waals surface area contributed by atoms with Crippen molar-refractivity contribution >= 4 is 27.0 Å². The van der Waals surface area contributed by atoms with Crippen LogP contribution < -0.4 is 4.72 Å². The van der Waals surface area contributed by atoms with Gasteiger partial charge in [0.15, 0.2) is 0 Å². The molecule has 0 bridgehead atoms. The van der Waals surface area contributed by atoms with Gasteiger partial charge in [-0.25, -0.2) is 8.42 Å². The Morgan fingerprint density at radius 1 is 1.11 bits per heavy atom. The number of para-hydroxylation sites is 1. The number of sulfonamides is 1. The first-order valence-corrected chi connectivity index (χ1v) is 7.69. The molecule has 2 aromatic rings. The Balaban J connectivity index is 2.20. The summed E-state index contributed by atoms with van der Waals surface area (Å²) in [4.78, 5) is 0.853. The highest BCUT2D eigenvalue weighted by molar-refractivity contribution is 7.94. The number of hydrogen-bond donors (Lipinski definition) is 2. The molecule has 0 aliphatic rings. The number of anilines is 1. The molecular formula is C12H13NO3S2. The van der Waals surface area contributed by atoms with Crippen molar-refractivity contribution < 1.29 is 13.5 Å². The molecule has 4 nitrogen and oxygen atoms in total. The number of thiophene rings is 1. The van der Waals surface area contributed by atoms with Crippen LogP contribution in [0.2, 0.25) is 0 Å². The maximum atomic E-state index is 12.1. The molecule has 2 N–H and O–H groups in total. The zero-order valence-electron chi connectivity index (χ0n) is 9.54. The van der Waals surface area contributed by atoms with E-state index in [1.807, 2.05) is 6.07 Å². The van der Waals surface area contributed by atoms with Crippen molar-refractivity contribution in [3.63, 3.8) is 0 Å². The Hall–Kier alpha value is -1.37. The van der Waals surface area contributed by atoms with Gasteiger partial charge in [-0.05, 0) is 24.3 Å². The fourth-order valence-corrected chi connectivity index (χ4v) is 3.86. The third kappa shape index (κ3) is 3.10. The first-order chi connectivity index (χ1) is 8.62. The average Bonchev–Trinajstić information content (AvgIpc) is 2.80. The van der Waals surface area contributed by atoms with Gasteiger partial charge < -0.3 is 5.11 Å². The van der Waals surface area contributed by atoms with Crippen molar-refractivity contribution in [1.82, 2.24) is 0 Å². The van der Waals surface area contributed by atoms with Crippen molar-refractivity contribution in [2.24, 2.45) is 0 Å². The summed E-state index contributed by atoms with van der Waals surface area (Å²) in [5, 5.41) is 8.81. The monoisotopic (exact) mass is 283 g/mol. The molecule has 96 valence electrons. The van der Waals surface area contributed by atoms with Gasteiger partial charge in [0.1, 0.15) is 4.21 Å². The van der Waals surface area contributed by atoms with Crippen LogP contribution in [0.15, 0.2) is 46.7 Å². The van der Waals surface area contributed by atoms with Gasteiger partial charge in [0.05, 0.1) is 0 Å². The van der Waals surface area contributed by atoms with E-state index in [2.05, 4.69) is 4.72 Å². The third-order valence-electron chi connectivity index (χ3n) is 2.29. The van der Waals surface area contributed by atoms with Gasteiger partial charge in [-0.1, -0.05) is 18.2 Å². The number of rotatable bonds is 5. The summed E-state index contributed by atoms with van der Waals surface area (Å²) < 4.78 is 26.9.